The van der Waals surface area contributed by atoms with Gasteiger partial charge in [0.15, 0.2) is 11.3 Å². The number of amides is 1. The van der Waals surface area contributed by atoms with Crippen LogP contribution in [0.25, 0.3) is 16.8 Å². The van der Waals surface area contributed by atoms with Crippen molar-refractivity contribution in [2.24, 2.45) is 0 Å². The van der Waals surface area contributed by atoms with E-state index in [1.807, 2.05) is 18.5 Å². The molecule has 1 aliphatic rings. The summed E-state index contributed by atoms with van der Waals surface area (Å²) in [5, 5.41) is 9.14. The maximum absolute atomic E-state index is 11.1. The van der Waals surface area contributed by atoms with E-state index in [1.165, 1.54) is 4.90 Å². The minimum Gasteiger partial charge on any atom is -0.465 e. The van der Waals surface area contributed by atoms with Crippen molar-refractivity contribution in [3.8, 4) is 0 Å². The first-order chi connectivity index (χ1) is 10.7. The number of hydrogen-bond donors (Lipinski definition) is 1. The molecule has 0 radical (unpaired) electrons. The number of rotatable bonds is 2. The molecule has 1 fully saturated rings. The summed E-state index contributed by atoms with van der Waals surface area (Å²) >= 11 is 0. The second-order valence-electron chi connectivity index (χ2n) is 5.66. The lowest BCUT2D eigenvalue weighted by Crippen LogP contribution is -2.26. The fraction of sp³-hybridized carbons (Fsp3) is 0.400. The average Bonchev–Trinajstić information content (AvgIpc) is 3.22. The number of aryl methyl sites for hydroxylation is 1. The molecule has 0 spiro atoms. The number of likely N-dealkylation sites (tertiary alicyclic amines) is 1. The molecule has 1 unspecified atom stereocenters. The summed E-state index contributed by atoms with van der Waals surface area (Å²) < 4.78 is 4.21. The van der Waals surface area contributed by atoms with Crippen LogP contribution in [-0.2, 0) is 6.54 Å². The standard InChI is InChI=1S/C15H17N5O2/c1-2-18-6-4-11-14(18)17-8-13-16-7-12(20(11)13)10-3-5-19(9-10)15(21)22/h4,6-8,10H,2-3,5,9H2,1H3,(H,21,22). The summed E-state index contributed by atoms with van der Waals surface area (Å²) in [5.41, 5.74) is 3.84. The van der Waals surface area contributed by atoms with Crippen LogP contribution in [0.3, 0.4) is 0 Å². The highest BCUT2D eigenvalue weighted by atomic mass is 16.4. The van der Waals surface area contributed by atoms with Crippen molar-refractivity contribution >= 4 is 22.9 Å². The second kappa shape index (κ2) is 4.72. The first-order valence-electron chi connectivity index (χ1n) is 7.48. The van der Waals surface area contributed by atoms with Gasteiger partial charge in [-0.05, 0) is 19.4 Å². The molecule has 7 heteroatoms. The van der Waals surface area contributed by atoms with Crippen LogP contribution in [0.4, 0.5) is 4.79 Å². The van der Waals surface area contributed by atoms with E-state index in [2.05, 4.69) is 25.9 Å². The van der Waals surface area contributed by atoms with Gasteiger partial charge in [-0.25, -0.2) is 14.8 Å². The number of hydrogen-bond acceptors (Lipinski definition) is 3. The van der Waals surface area contributed by atoms with Crippen molar-refractivity contribution < 1.29 is 9.90 Å². The van der Waals surface area contributed by atoms with Gasteiger partial charge in [0.25, 0.3) is 0 Å². The zero-order valence-electron chi connectivity index (χ0n) is 12.3. The van der Waals surface area contributed by atoms with Crippen LogP contribution in [0.2, 0.25) is 0 Å². The molecule has 7 nitrogen and oxygen atoms in total. The average molecular weight is 299 g/mol. The Kier molecular flexibility index (Phi) is 2.82. The predicted molar refractivity (Wildman–Crippen MR) is 81.1 cm³/mol. The van der Waals surface area contributed by atoms with E-state index < -0.39 is 6.09 Å². The van der Waals surface area contributed by atoms with Gasteiger partial charge in [-0.15, -0.1) is 0 Å². The Morgan fingerprint density at radius 3 is 3.00 bits per heavy atom. The zero-order chi connectivity index (χ0) is 15.3. The van der Waals surface area contributed by atoms with Crippen molar-refractivity contribution in [1.82, 2.24) is 23.8 Å². The summed E-state index contributed by atoms with van der Waals surface area (Å²) in [5.74, 6) is 0.182. The van der Waals surface area contributed by atoms with Gasteiger partial charge in [0, 0.05) is 43.6 Å². The summed E-state index contributed by atoms with van der Waals surface area (Å²) in [7, 11) is 0. The molecule has 0 bridgehead atoms. The Morgan fingerprint density at radius 1 is 1.41 bits per heavy atom. The molecule has 0 aromatic carbocycles. The summed E-state index contributed by atoms with van der Waals surface area (Å²) in [6, 6.07) is 2.05. The number of fused-ring (bicyclic) bond motifs is 3. The normalized spacial score (nSPS) is 18.6. The van der Waals surface area contributed by atoms with E-state index in [0.29, 0.717) is 13.1 Å². The third-order valence-corrected chi connectivity index (χ3v) is 4.49. The lowest BCUT2D eigenvalue weighted by molar-refractivity contribution is 0.155. The maximum Gasteiger partial charge on any atom is 0.407 e. The van der Waals surface area contributed by atoms with E-state index in [0.717, 1.165) is 35.5 Å². The molecule has 1 amide bonds. The van der Waals surface area contributed by atoms with Crippen molar-refractivity contribution in [3.63, 3.8) is 0 Å². The first kappa shape index (κ1) is 13.1. The zero-order valence-corrected chi connectivity index (χ0v) is 12.3. The third kappa shape index (κ3) is 1.78. The van der Waals surface area contributed by atoms with Gasteiger partial charge in [0.2, 0.25) is 0 Å². The molecule has 0 saturated carbocycles. The second-order valence-corrected chi connectivity index (χ2v) is 5.66. The summed E-state index contributed by atoms with van der Waals surface area (Å²) in [4.78, 5) is 21.5. The molecule has 3 aromatic heterocycles. The molecule has 0 aliphatic carbocycles. The molecule has 1 atom stereocenters. The predicted octanol–water partition coefficient (Wildman–Crippen LogP) is 2.17. The van der Waals surface area contributed by atoms with E-state index >= 15 is 0 Å². The van der Waals surface area contributed by atoms with Crippen LogP contribution in [0.5, 0.6) is 0 Å². The fourth-order valence-electron chi connectivity index (χ4n) is 3.34. The topological polar surface area (TPSA) is 75.7 Å². The third-order valence-electron chi connectivity index (χ3n) is 4.49. The van der Waals surface area contributed by atoms with Gasteiger partial charge < -0.3 is 14.6 Å². The SMILES string of the molecule is CCn1ccc2c1ncc1ncc(C3CCN(C(=O)O)C3)n12. The van der Waals surface area contributed by atoms with Gasteiger partial charge in [-0.3, -0.25) is 4.40 Å². The Balaban J connectivity index is 1.85. The molecule has 22 heavy (non-hydrogen) atoms. The van der Waals surface area contributed by atoms with E-state index in [1.54, 1.807) is 6.20 Å². The van der Waals surface area contributed by atoms with Crippen molar-refractivity contribution in [1.29, 1.82) is 0 Å². The summed E-state index contributed by atoms with van der Waals surface area (Å²) in [6.45, 7) is 4.06. The van der Waals surface area contributed by atoms with Crippen LogP contribution in [0, 0.1) is 0 Å². The van der Waals surface area contributed by atoms with E-state index in [-0.39, 0.29) is 5.92 Å². The van der Waals surface area contributed by atoms with E-state index in [4.69, 9.17) is 5.11 Å². The molecular weight excluding hydrogens is 282 g/mol. The lowest BCUT2D eigenvalue weighted by Gasteiger charge is -2.12. The number of carbonyl (C=O) groups is 1. The highest BCUT2D eigenvalue weighted by Gasteiger charge is 2.29. The summed E-state index contributed by atoms with van der Waals surface area (Å²) in [6.07, 6.45) is 5.65. The minimum absolute atomic E-state index is 0.182. The van der Waals surface area contributed by atoms with E-state index in [9.17, 15) is 4.79 Å². The quantitative estimate of drug-likeness (QED) is 0.787. The number of imidazole rings is 1. The van der Waals surface area contributed by atoms with Crippen molar-refractivity contribution in [3.05, 3.63) is 30.4 Å². The monoisotopic (exact) mass is 299 g/mol. The molecule has 1 saturated heterocycles. The molecule has 3 aromatic rings. The van der Waals surface area contributed by atoms with Gasteiger partial charge in [0.1, 0.15) is 0 Å². The molecule has 4 heterocycles. The van der Waals surface area contributed by atoms with Crippen LogP contribution in [0.1, 0.15) is 25.0 Å². The first-order valence-corrected chi connectivity index (χ1v) is 7.48. The Labute approximate surface area is 126 Å². The molecular formula is C15H17N5O2. The fourth-order valence-corrected chi connectivity index (χ4v) is 3.34. The van der Waals surface area contributed by atoms with Crippen LogP contribution in [-0.4, -0.2) is 48.1 Å². The van der Waals surface area contributed by atoms with Crippen molar-refractivity contribution in [2.75, 3.05) is 13.1 Å². The number of carboxylic acid groups (broad SMARTS) is 1. The molecule has 1 aliphatic heterocycles. The minimum atomic E-state index is -0.847. The largest absolute Gasteiger partial charge is 0.465 e. The van der Waals surface area contributed by atoms with Gasteiger partial charge >= 0.3 is 6.09 Å². The van der Waals surface area contributed by atoms with Crippen LogP contribution in [0.15, 0.2) is 24.7 Å². The molecule has 114 valence electrons. The maximum atomic E-state index is 11.1. The highest BCUT2D eigenvalue weighted by Crippen LogP contribution is 2.29. The molecule has 4 rings (SSSR count). The Morgan fingerprint density at radius 2 is 2.27 bits per heavy atom. The Bertz CT molecular complexity index is 865. The van der Waals surface area contributed by atoms with Gasteiger partial charge in [0.05, 0.1) is 11.7 Å². The van der Waals surface area contributed by atoms with Crippen molar-refractivity contribution in [2.45, 2.75) is 25.8 Å². The smallest absolute Gasteiger partial charge is 0.407 e. The highest BCUT2D eigenvalue weighted by molar-refractivity contribution is 5.75. The lowest BCUT2D eigenvalue weighted by atomic mass is 10.1. The van der Waals surface area contributed by atoms with Crippen LogP contribution >= 0.6 is 0 Å². The number of aromatic nitrogens is 4. The van der Waals surface area contributed by atoms with Gasteiger partial charge in [-0.2, -0.15) is 0 Å². The number of nitrogens with zero attached hydrogens (tertiary/aromatic N) is 5. The van der Waals surface area contributed by atoms with Gasteiger partial charge in [-0.1, -0.05) is 0 Å². The molecule has 1 N–H and O–H groups in total. The Hall–Kier alpha value is -2.57. The van der Waals surface area contributed by atoms with Crippen LogP contribution < -0.4 is 0 Å².